The summed E-state index contributed by atoms with van der Waals surface area (Å²) < 4.78 is 2.04. The summed E-state index contributed by atoms with van der Waals surface area (Å²) in [6, 6.07) is 10.2. The molecule has 1 aromatic carbocycles. The topological polar surface area (TPSA) is 53.7 Å². The second-order valence-corrected chi connectivity index (χ2v) is 8.60. The first-order valence-corrected chi connectivity index (χ1v) is 9.48. The van der Waals surface area contributed by atoms with E-state index in [1.54, 1.807) is 0 Å². The zero-order valence-electron chi connectivity index (χ0n) is 16.1. The Morgan fingerprint density at radius 2 is 1.69 bits per heavy atom. The Hall–Kier alpha value is -1.88. The minimum Gasteiger partial charge on any atom is -0.409 e. The van der Waals surface area contributed by atoms with Crippen LogP contribution in [0.5, 0.6) is 0 Å². The van der Waals surface area contributed by atoms with Gasteiger partial charge in [-0.2, -0.15) is 4.98 Å². The molecule has 0 amide bonds. The second kappa shape index (κ2) is 6.08. The van der Waals surface area contributed by atoms with Gasteiger partial charge in [-0.1, -0.05) is 17.3 Å². The van der Waals surface area contributed by atoms with Crippen molar-refractivity contribution in [1.29, 1.82) is 0 Å². The average Bonchev–Trinajstić information content (AvgIpc) is 2.98. The lowest BCUT2D eigenvalue weighted by atomic mass is 9.31. The van der Waals surface area contributed by atoms with Gasteiger partial charge in [0.15, 0.2) is 0 Å². The summed E-state index contributed by atoms with van der Waals surface area (Å²) in [6.45, 7) is 1.93. The fourth-order valence-electron chi connectivity index (χ4n) is 4.04. The third-order valence-electron chi connectivity index (χ3n) is 6.58. The minimum absolute atomic E-state index is 0.0999. The molecule has 26 heavy (non-hydrogen) atoms. The lowest BCUT2D eigenvalue weighted by Crippen LogP contribution is -2.52. The molecule has 0 unspecified atom stereocenters. The van der Waals surface area contributed by atoms with E-state index in [1.165, 1.54) is 0 Å². The molecule has 0 saturated carbocycles. The Labute approximate surface area is 157 Å². The first-order chi connectivity index (χ1) is 12.3. The van der Waals surface area contributed by atoms with Crippen LogP contribution in [0.1, 0.15) is 12.8 Å². The summed E-state index contributed by atoms with van der Waals surface area (Å²) in [7, 11) is 8.23. The van der Waals surface area contributed by atoms with Gasteiger partial charge in [-0.3, -0.25) is 4.40 Å². The molecule has 0 bridgehead atoms. The van der Waals surface area contributed by atoms with Crippen molar-refractivity contribution < 1.29 is 5.11 Å². The van der Waals surface area contributed by atoms with E-state index in [-0.39, 0.29) is 5.21 Å². The highest BCUT2D eigenvalue weighted by Gasteiger charge is 2.42. The molecule has 130 valence electrons. The van der Waals surface area contributed by atoms with Gasteiger partial charge in [0.25, 0.3) is 0 Å². The minimum atomic E-state index is -0.674. The van der Waals surface area contributed by atoms with E-state index in [1.807, 2.05) is 38.3 Å². The summed E-state index contributed by atoms with van der Waals surface area (Å²) in [6.07, 6.45) is 4.21. The Morgan fingerprint density at radius 3 is 2.38 bits per heavy atom. The van der Waals surface area contributed by atoms with Crippen LogP contribution in [0, 0.1) is 5.92 Å². The third-order valence-corrected chi connectivity index (χ3v) is 6.58. The molecular formula is C17H24B4N4O. The maximum absolute atomic E-state index is 10.5. The van der Waals surface area contributed by atoms with Crippen molar-refractivity contribution in [1.82, 2.24) is 14.4 Å². The van der Waals surface area contributed by atoms with Crippen LogP contribution in [-0.4, -0.2) is 69.3 Å². The van der Waals surface area contributed by atoms with Crippen molar-refractivity contribution in [2.75, 3.05) is 18.0 Å². The summed E-state index contributed by atoms with van der Waals surface area (Å²) in [5.74, 6) is 2.26. The molecule has 1 fully saturated rings. The van der Waals surface area contributed by atoms with Crippen molar-refractivity contribution in [2.45, 2.75) is 23.5 Å². The highest BCUT2D eigenvalue weighted by Crippen LogP contribution is 2.42. The molecular weight excluding hydrogens is 319 g/mol. The van der Waals surface area contributed by atoms with Gasteiger partial charge in [0.05, 0.1) is 11.0 Å². The third kappa shape index (κ3) is 2.82. The number of benzene rings is 1. The number of hydrogen-bond donors (Lipinski definition) is 1. The standard InChI is InChI=1S/C17H24B4N4O/c18-16(19,17(20,21)26)11-5-8-24(9-6-11)14-7-10-25-13-4-2-1-3-12(13)22-15(25)23-14/h1-4,7,10-11,26H,5-6,8-9,18-21H2. The summed E-state index contributed by atoms with van der Waals surface area (Å²) in [5, 5.41) is 9.76. The van der Waals surface area contributed by atoms with E-state index in [4.69, 9.17) is 4.98 Å². The van der Waals surface area contributed by atoms with Crippen LogP contribution in [-0.2, 0) is 0 Å². The van der Waals surface area contributed by atoms with E-state index < -0.39 is 5.40 Å². The van der Waals surface area contributed by atoms with E-state index >= 15 is 0 Å². The molecule has 5 nitrogen and oxygen atoms in total. The van der Waals surface area contributed by atoms with Crippen LogP contribution in [0.2, 0.25) is 5.21 Å². The Bertz CT molecular complexity index is 945. The van der Waals surface area contributed by atoms with E-state index in [9.17, 15) is 5.11 Å². The molecule has 3 heterocycles. The lowest BCUT2D eigenvalue weighted by molar-refractivity contribution is 0.148. The average molecular weight is 344 g/mol. The van der Waals surface area contributed by atoms with Gasteiger partial charge in [-0.25, -0.2) is 4.98 Å². The largest absolute Gasteiger partial charge is 0.409 e. The Morgan fingerprint density at radius 1 is 1.00 bits per heavy atom. The Kier molecular flexibility index (Phi) is 4.10. The zero-order valence-corrected chi connectivity index (χ0v) is 16.1. The molecule has 4 rings (SSSR count). The Balaban J connectivity index is 1.55. The maximum Gasteiger partial charge on any atom is 0.236 e. The first kappa shape index (κ1) is 17.5. The van der Waals surface area contributed by atoms with Crippen LogP contribution < -0.4 is 4.90 Å². The van der Waals surface area contributed by atoms with E-state index in [2.05, 4.69) is 43.9 Å². The number of piperidine rings is 1. The number of anilines is 1. The van der Waals surface area contributed by atoms with E-state index in [0.29, 0.717) is 5.92 Å². The number of fused-ring (bicyclic) bond motifs is 3. The first-order valence-electron chi connectivity index (χ1n) is 9.48. The number of para-hydroxylation sites is 2. The van der Waals surface area contributed by atoms with Gasteiger partial charge in [-0.15, -0.1) is 0 Å². The molecule has 1 aliphatic heterocycles. The number of aliphatic hydroxyl groups is 1. The van der Waals surface area contributed by atoms with Crippen LogP contribution in [0.25, 0.3) is 16.8 Å². The zero-order chi connectivity index (χ0) is 18.5. The van der Waals surface area contributed by atoms with Crippen molar-refractivity contribution in [3.63, 3.8) is 0 Å². The molecule has 3 aromatic rings. The SMILES string of the molecule is BC(B)(O)C(B)(B)C1CCN(c2ccn3c(n2)nc2ccccc23)CC1. The van der Waals surface area contributed by atoms with Gasteiger partial charge < -0.3 is 10.0 Å². The highest BCUT2D eigenvalue weighted by molar-refractivity contribution is 6.53. The molecule has 0 atom stereocenters. The molecule has 2 aromatic heterocycles. The van der Waals surface area contributed by atoms with Gasteiger partial charge in [-0.05, 0) is 42.4 Å². The predicted octanol–water partition coefficient (Wildman–Crippen LogP) is -1.61. The molecule has 0 radical (unpaired) electrons. The normalized spacial score (nSPS) is 17.2. The predicted molar refractivity (Wildman–Crippen MR) is 117 cm³/mol. The van der Waals surface area contributed by atoms with Crippen LogP contribution in [0.4, 0.5) is 5.82 Å². The van der Waals surface area contributed by atoms with Crippen molar-refractivity contribution in [3.05, 3.63) is 36.5 Å². The summed E-state index contributed by atoms with van der Waals surface area (Å²) in [4.78, 5) is 11.8. The fourth-order valence-corrected chi connectivity index (χ4v) is 4.04. The fraction of sp³-hybridized carbons (Fsp3) is 0.412. The maximum atomic E-state index is 10.5. The molecule has 1 saturated heterocycles. The monoisotopic (exact) mass is 344 g/mol. The van der Waals surface area contributed by atoms with Crippen LogP contribution in [0.15, 0.2) is 36.5 Å². The summed E-state index contributed by atoms with van der Waals surface area (Å²) in [5.41, 5.74) is 2.06. The van der Waals surface area contributed by atoms with Gasteiger partial charge >= 0.3 is 0 Å². The van der Waals surface area contributed by atoms with Crippen molar-refractivity contribution in [3.8, 4) is 0 Å². The molecule has 1 N–H and O–H groups in total. The van der Waals surface area contributed by atoms with Gasteiger partial charge in [0, 0.05) is 19.3 Å². The number of imidazole rings is 1. The van der Waals surface area contributed by atoms with Crippen LogP contribution >= 0.6 is 0 Å². The molecule has 0 spiro atoms. The number of rotatable bonds is 3. The highest BCUT2D eigenvalue weighted by atomic mass is 16.3. The number of nitrogens with zero attached hydrogens (tertiary/aromatic N) is 4. The van der Waals surface area contributed by atoms with Gasteiger partial charge in [0.2, 0.25) is 5.78 Å². The van der Waals surface area contributed by atoms with Crippen molar-refractivity contribution in [2.24, 2.45) is 5.92 Å². The smallest absolute Gasteiger partial charge is 0.236 e. The van der Waals surface area contributed by atoms with Gasteiger partial charge in [0.1, 0.15) is 37.2 Å². The molecule has 9 heteroatoms. The number of aromatic nitrogens is 3. The van der Waals surface area contributed by atoms with Crippen LogP contribution in [0.3, 0.4) is 0 Å². The quantitative estimate of drug-likeness (QED) is 0.582. The second-order valence-electron chi connectivity index (χ2n) is 8.60. The summed E-state index contributed by atoms with van der Waals surface area (Å²) >= 11 is 0. The molecule has 0 aliphatic carbocycles. The van der Waals surface area contributed by atoms with E-state index in [0.717, 1.165) is 48.6 Å². The molecule has 1 aliphatic rings. The lowest BCUT2D eigenvalue weighted by Gasteiger charge is -2.48. The van der Waals surface area contributed by atoms with Crippen molar-refractivity contribution >= 4 is 54.0 Å². The number of hydrogen-bond acceptors (Lipinski definition) is 4.